The normalized spacial score (nSPS) is 18.6. The summed E-state index contributed by atoms with van der Waals surface area (Å²) in [4.78, 5) is 49.8. The maximum Gasteiger partial charge on any atom is 0.311 e. The van der Waals surface area contributed by atoms with E-state index < -0.39 is 36.4 Å². The molecule has 0 bridgehead atoms. The van der Waals surface area contributed by atoms with Gasteiger partial charge in [-0.15, -0.1) is 0 Å². The molecule has 1 aliphatic rings. The highest BCUT2D eigenvalue weighted by atomic mass is 16.5. The lowest BCUT2D eigenvalue weighted by Gasteiger charge is -2.40. The number of hydrogen-bond acceptors (Lipinski definition) is 6. The van der Waals surface area contributed by atoms with E-state index in [1.807, 2.05) is 25.1 Å². The van der Waals surface area contributed by atoms with Gasteiger partial charge in [0.25, 0.3) is 5.91 Å². The molecule has 164 valence electrons. The number of carbonyl (C=O) groups is 4. The van der Waals surface area contributed by atoms with Crippen LogP contribution in [0.5, 0.6) is 5.75 Å². The number of primary amides is 1. The van der Waals surface area contributed by atoms with Crippen molar-refractivity contribution in [3.8, 4) is 5.75 Å². The lowest BCUT2D eigenvalue weighted by molar-refractivity contribution is -0.159. The van der Waals surface area contributed by atoms with E-state index in [1.165, 1.54) is 7.11 Å². The van der Waals surface area contributed by atoms with Crippen molar-refractivity contribution in [2.75, 3.05) is 26.8 Å². The van der Waals surface area contributed by atoms with Crippen LogP contribution in [0.2, 0.25) is 0 Å². The van der Waals surface area contributed by atoms with Gasteiger partial charge in [-0.25, -0.2) is 0 Å². The average molecular weight is 419 g/mol. The van der Waals surface area contributed by atoms with Crippen molar-refractivity contribution in [2.45, 2.75) is 38.6 Å². The van der Waals surface area contributed by atoms with Gasteiger partial charge in [0, 0.05) is 18.5 Å². The Kier molecular flexibility index (Phi) is 8.64. The van der Waals surface area contributed by atoms with E-state index >= 15 is 0 Å². The third kappa shape index (κ3) is 5.95. The first-order chi connectivity index (χ1) is 14.4. The zero-order valence-corrected chi connectivity index (χ0v) is 17.4. The number of methoxy groups -OCH3 is 1. The second-order valence-corrected chi connectivity index (χ2v) is 7.12. The summed E-state index contributed by atoms with van der Waals surface area (Å²) in [7, 11) is 1.54. The standard InChI is InChI=1S/C21H29N3O6/c1-3-4-11-24-19(27)10-9-15(20(24)14-7-5-6-8-16(14)29-2)21(28)30-13-18(26)23-12-17(22)25/h5-8,15,20H,3-4,9-13H2,1-2H3,(H2,22,25)(H,23,26)/t15-,20-/m0/s1. The number of nitrogens with two attached hydrogens (primary N) is 1. The van der Waals surface area contributed by atoms with Crippen LogP contribution in [-0.2, 0) is 23.9 Å². The van der Waals surface area contributed by atoms with Crippen molar-refractivity contribution in [3.05, 3.63) is 29.8 Å². The number of likely N-dealkylation sites (tertiary alicyclic amines) is 1. The van der Waals surface area contributed by atoms with Crippen LogP contribution in [0.15, 0.2) is 24.3 Å². The van der Waals surface area contributed by atoms with Crippen LogP contribution in [0.1, 0.15) is 44.2 Å². The molecule has 1 aliphatic heterocycles. The second-order valence-electron chi connectivity index (χ2n) is 7.12. The molecule has 3 N–H and O–H groups in total. The molecule has 9 heteroatoms. The van der Waals surface area contributed by atoms with Gasteiger partial charge < -0.3 is 25.4 Å². The van der Waals surface area contributed by atoms with E-state index in [2.05, 4.69) is 5.32 Å². The number of nitrogens with zero attached hydrogens (tertiary/aromatic N) is 1. The van der Waals surface area contributed by atoms with Gasteiger partial charge in [0.05, 0.1) is 25.6 Å². The van der Waals surface area contributed by atoms with E-state index in [1.54, 1.807) is 11.0 Å². The van der Waals surface area contributed by atoms with Crippen LogP contribution in [-0.4, -0.2) is 55.4 Å². The van der Waals surface area contributed by atoms with E-state index in [9.17, 15) is 19.2 Å². The van der Waals surface area contributed by atoms with E-state index in [4.69, 9.17) is 15.2 Å². The lowest BCUT2D eigenvalue weighted by atomic mass is 9.83. The molecule has 3 amide bonds. The molecule has 30 heavy (non-hydrogen) atoms. The maximum absolute atomic E-state index is 12.9. The van der Waals surface area contributed by atoms with Gasteiger partial charge in [0.2, 0.25) is 11.8 Å². The molecular weight excluding hydrogens is 390 g/mol. The zero-order valence-electron chi connectivity index (χ0n) is 17.4. The van der Waals surface area contributed by atoms with Crippen molar-refractivity contribution >= 4 is 23.7 Å². The maximum atomic E-state index is 12.9. The summed E-state index contributed by atoms with van der Waals surface area (Å²) in [6, 6.07) is 6.72. The predicted molar refractivity (Wildman–Crippen MR) is 108 cm³/mol. The van der Waals surface area contributed by atoms with Gasteiger partial charge >= 0.3 is 5.97 Å². The Balaban J connectivity index is 2.24. The number of rotatable bonds is 10. The van der Waals surface area contributed by atoms with Gasteiger partial charge in [-0.3, -0.25) is 19.2 Å². The molecule has 0 spiro atoms. The summed E-state index contributed by atoms with van der Waals surface area (Å²) in [5.74, 6) is -1.97. The summed E-state index contributed by atoms with van der Waals surface area (Å²) in [5, 5.41) is 2.27. The van der Waals surface area contributed by atoms with Gasteiger partial charge in [0.15, 0.2) is 6.61 Å². The number of para-hydroxylation sites is 1. The molecular formula is C21H29N3O6. The molecule has 1 aromatic rings. The molecule has 1 heterocycles. The third-order valence-corrected chi connectivity index (χ3v) is 5.02. The predicted octanol–water partition coefficient (Wildman–Crippen LogP) is 0.920. The first kappa shape index (κ1) is 23.2. The third-order valence-electron chi connectivity index (χ3n) is 5.02. The SMILES string of the molecule is CCCCN1C(=O)CC[C@H](C(=O)OCC(=O)NCC(N)=O)[C@@H]1c1ccccc1OC. The Morgan fingerprint density at radius 3 is 2.67 bits per heavy atom. The topological polar surface area (TPSA) is 128 Å². The number of nitrogens with one attached hydrogen (secondary N) is 1. The Hall–Kier alpha value is -3.10. The fraction of sp³-hybridized carbons (Fsp3) is 0.524. The molecule has 2 rings (SSSR count). The van der Waals surface area contributed by atoms with Crippen LogP contribution in [0.3, 0.4) is 0 Å². The minimum atomic E-state index is -0.691. The molecule has 0 saturated carbocycles. The van der Waals surface area contributed by atoms with Crippen molar-refractivity contribution in [1.29, 1.82) is 0 Å². The smallest absolute Gasteiger partial charge is 0.311 e. The van der Waals surface area contributed by atoms with Crippen molar-refractivity contribution in [1.82, 2.24) is 10.2 Å². The Labute approximate surface area is 175 Å². The van der Waals surface area contributed by atoms with Crippen molar-refractivity contribution in [3.63, 3.8) is 0 Å². The number of carbonyl (C=O) groups excluding carboxylic acids is 4. The Bertz CT molecular complexity index is 782. The minimum absolute atomic E-state index is 0.0254. The molecule has 0 radical (unpaired) electrons. The molecule has 0 aromatic heterocycles. The number of hydrogen-bond donors (Lipinski definition) is 2. The highest BCUT2D eigenvalue weighted by Gasteiger charge is 2.42. The quantitative estimate of drug-likeness (QED) is 0.543. The van der Waals surface area contributed by atoms with Gasteiger partial charge in [0.1, 0.15) is 5.75 Å². The molecule has 0 aliphatic carbocycles. The lowest BCUT2D eigenvalue weighted by Crippen LogP contribution is -2.46. The van der Waals surface area contributed by atoms with E-state index in [-0.39, 0.29) is 18.9 Å². The largest absolute Gasteiger partial charge is 0.496 e. The van der Waals surface area contributed by atoms with Crippen LogP contribution < -0.4 is 15.8 Å². The number of piperidine rings is 1. The zero-order chi connectivity index (χ0) is 22.1. The van der Waals surface area contributed by atoms with Crippen LogP contribution in [0.25, 0.3) is 0 Å². The molecule has 1 aromatic carbocycles. The van der Waals surface area contributed by atoms with E-state index in [0.29, 0.717) is 18.7 Å². The summed E-state index contributed by atoms with van der Waals surface area (Å²) in [6.45, 7) is 1.69. The number of benzene rings is 1. The highest BCUT2D eigenvalue weighted by molar-refractivity contribution is 5.87. The molecule has 0 unspecified atom stereocenters. The fourth-order valence-electron chi connectivity index (χ4n) is 3.57. The monoisotopic (exact) mass is 419 g/mol. The van der Waals surface area contributed by atoms with Gasteiger partial charge in [-0.05, 0) is 18.9 Å². The molecule has 9 nitrogen and oxygen atoms in total. The van der Waals surface area contributed by atoms with Crippen molar-refractivity contribution < 1.29 is 28.7 Å². The number of esters is 1. The van der Waals surface area contributed by atoms with Crippen LogP contribution >= 0.6 is 0 Å². The van der Waals surface area contributed by atoms with Crippen molar-refractivity contribution in [2.24, 2.45) is 11.7 Å². The first-order valence-electron chi connectivity index (χ1n) is 10.0. The van der Waals surface area contributed by atoms with E-state index in [0.717, 1.165) is 18.4 Å². The van der Waals surface area contributed by atoms with Crippen LogP contribution in [0.4, 0.5) is 0 Å². The number of amides is 3. The number of ether oxygens (including phenoxy) is 2. The average Bonchev–Trinajstić information content (AvgIpc) is 2.74. The Morgan fingerprint density at radius 2 is 2.00 bits per heavy atom. The van der Waals surface area contributed by atoms with Gasteiger partial charge in [-0.1, -0.05) is 31.5 Å². The minimum Gasteiger partial charge on any atom is -0.496 e. The Morgan fingerprint density at radius 1 is 1.27 bits per heavy atom. The van der Waals surface area contributed by atoms with Gasteiger partial charge in [-0.2, -0.15) is 0 Å². The summed E-state index contributed by atoms with van der Waals surface area (Å²) >= 11 is 0. The summed E-state index contributed by atoms with van der Waals surface area (Å²) < 4.78 is 10.7. The molecule has 1 fully saturated rings. The molecule has 1 saturated heterocycles. The second kappa shape index (κ2) is 11.2. The summed E-state index contributed by atoms with van der Waals surface area (Å²) in [6.07, 6.45) is 2.24. The highest BCUT2D eigenvalue weighted by Crippen LogP contribution is 2.41. The number of unbranched alkanes of at least 4 members (excludes halogenated alkanes) is 1. The van der Waals surface area contributed by atoms with Crippen LogP contribution in [0, 0.1) is 5.92 Å². The fourth-order valence-corrected chi connectivity index (χ4v) is 3.57. The molecule has 2 atom stereocenters. The first-order valence-corrected chi connectivity index (χ1v) is 10.0. The summed E-state index contributed by atoms with van der Waals surface area (Å²) in [5.41, 5.74) is 5.71.